The standard InChI is InChI=1S/C17H24O6/c1-20-11-14(12-21-2)15(17(19)22-3)9-16(18)23-10-13-7-5-4-6-8-13/h4-8,14-15H,9-12H2,1-3H3/t15-/m0/s1. The summed E-state index contributed by atoms with van der Waals surface area (Å²) in [5.74, 6) is -1.87. The van der Waals surface area contributed by atoms with Crippen LogP contribution in [-0.4, -0.2) is 46.5 Å². The summed E-state index contributed by atoms with van der Waals surface area (Å²) in [6.45, 7) is 0.756. The fourth-order valence-electron chi connectivity index (χ4n) is 2.28. The zero-order chi connectivity index (χ0) is 17.1. The summed E-state index contributed by atoms with van der Waals surface area (Å²) in [6, 6.07) is 9.35. The van der Waals surface area contributed by atoms with Crippen LogP contribution in [0.4, 0.5) is 0 Å². The largest absolute Gasteiger partial charge is 0.469 e. The van der Waals surface area contributed by atoms with Gasteiger partial charge in [-0.3, -0.25) is 9.59 Å². The molecule has 0 saturated carbocycles. The zero-order valence-electron chi connectivity index (χ0n) is 13.8. The van der Waals surface area contributed by atoms with E-state index in [2.05, 4.69) is 0 Å². The van der Waals surface area contributed by atoms with Crippen molar-refractivity contribution in [3.63, 3.8) is 0 Å². The number of hydrogen-bond donors (Lipinski definition) is 0. The molecule has 1 aromatic rings. The minimum Gasteiger partial charge on any atom is -0.469 e. The minimum absolute atomic E-state index is 0.0725. The second kappa shape index (κ2) is 10.7. The lowest BCUT2D eigenvalue weighted by molar-refractivity contribution is -0.157. The van der Waals surface area contributed by atoms with E-state index in [4.69, 9.17) is 18.9 Å². The van der Waals surface area contributed by atoms with Gasteiger partial charge in [0.1, 0.15) is 6.61 Å². The molecule has 0 radical (unpaired) electrons. The number of esters is 2. The van der Waals surface area contributed by atoms with Crippen molar-refractivity contribution in [2.75, 3.05) is 34.5 Å². The van der Waals surface area contributed by atoms with Crippen LogP contribution in [0.2, 0.25) is 0 Å². The van der Waals surface area contributed by atoms with Gasteiger partial charge in [0.25, 0.3) is 0 Å². The fourth-order valence-corrected chi connectivity index (χ4v) is 2.28. The highest BCUT2D eigenvalue weighted by Crippen LogP contribution is 2.20. The third kappa shape index (κ3) is 6.80. The molecule has 0 saturated heterocycles. The van der Waals surface area contributed by atoms with E-state index in [1.807, 2.05) is 30.3 Å². The van der Waals surface area contributed by atoms with Gasteiger partial charge in [-0.15, -0.1) is 0 Å². The van der Waals surface area contributed by atoms with Crippen LogP contribution in [-0.2, 0) is 35.1 Å². The van der Waals surface area contributed by atoms with Gasteiger partial charge in [-0.05, 0) is 5.56 Å². The molecule has 0 aliphatic heterocycles. The van der Waals surface area contributed by atoms with Gasteiger partial charge in [-0.25, -0.2) is 0 Å². The maximum atomic E-state index is 12.0. The van der Waals surface area contributed by atoms with E-state index in [-0.39, 0.29) is 18.9 Å². The van der Waals surface area contributed by atoms with Crippen molar-refractivity contribution < 1.29 is 28.5 Å². The molecule has 0 spiro atoms. The second-order valence-electron chi connectivity index (χ2n) is 5.15. The Kier molecular flexibility index (Phi) is 8.94. The van der Waals surface area contributed by atoms with E-state index in [0.29, 0.717) is 13.2 Å². The first-order valence-electron chi connectivity index (χ1n) is 7.37. The Hall–Kier alpha value is -1.92. The topological polar surface area (TPSA) is 71.1 Å². The van der Waals surface area contributed by atoms with Gasteiger partial charge < -0.3 is 18.9 Å². The van der Waals surface area contributed by atoms with Gasteiger partial charge in [-0.2, -0.15) is 0 Å². The Bertz CT molecular complexity index is 467. The molecule has 23 heavy (non-hydrogen) atoms. The van der Waals surface area contributed by atoms with Crippen LogP contribution in [0.25, 0.3) is 0 Å². The smallest absolute Gasteiger partial charge is 0.309 e. The summed E-state index contributed by atoms with van der Waals surface area (Å²) in [6.07, 6.45) is -0.0725. The van der Waals surface area contributed by atoms with Gasteiger partial charge in [0, 0.05) is 20.1 Å². The lowest BCUT2D eigenvalue weighted by Crippen LogP contribution is -2.33. The van der Waals surface area contributed by atoms with Crippen LogP contribution < -0.4 is 0 Å². The molecule has 0 unspecified atom stereocenters. The summed E-state index contributed by atoms with van der Waals surface area (Å²) < 4.78 is 20.2. The predicted molar refractivity (Wildman–Crippen MR) is 83.6 cm³/mol. The van der Waals surface area contributed by atoms with Crippen LogP contribution in [0.1, 0.15) is 12.0 Å². The molecular formula is C17H24O6. The van der Waals surface area contributed by atoms with Crippen LogP contribution in [0, 0.1) is 11.8 Å². The first-order valence-corrected chi connectivity index (χ1v) is 7.37. The third-order valence-electron chi connectivity index (χ3n) is 3.46. The molecule has 0 aromatic heterocycles. The quantitative estimate of drug-likeness (QED) is 0.611. The van der Waals surface area contributed by atoms with E-state index < -0.39 is 17.9 Å². The Morgan fingerprint density at radius 2 is 1.61 bits per heavy atom. The van der Waals surface area contributed by atoms with Crippen molar-refractivity contribution in [2.45, 2.75) is 13.0 Å². The molecule has 0 aliphatic carbocycles. The molecule has 0 aliphatic rings. The molecule has 0 N–H and O–H groups in total. The zero-order valence-corrected chi connectivity index (χ0v) is 13.8. The predicted octanol–water partition coefficient (Wildman–Crippen LogP) is 1.82. The first-order chi connectivity index (χ1) is 11.1. The van der Waals surface area contributed by atoms with Crippen molar-refractivity contribution in [3.05, 3.63) is 35.9 Å². The first kappa shape index (κ1) is 19.1. The van der Waals surface area contributed by atoms with Gasteiger partial charge in [0.2, 0.25) is 0 Å². The number of carbonyl (C=O) groups is 2. The minimum atomic E-state index is -0.664. The highest BCUT2D eigenvalue weighted by Gasteiger charge is 2.32. The van der Waals surface area contributed by atoms with Gasteiger partial charge in [0.05, 0.1) is 32.7 Å². The summed E-state index contributed by atoms with van der Waals surface area (Å²) in [5.41, 5.74) is 0.890. The average Bonchev–Trinajstić information content (AvgIpc) is 2.58. The highest BCUT2D eigenvalue weighted by atomic mass is 16.5. The SMILES string of the molecule is COCC(COC)[C@H](CC(=O)OCc1ccccc1)C(=O)OC. The molecule has 0 bridgehead atoms. The molecule has 1 aromatic carbocycles. The summed E-state index contributed by atoms with van der Waals surface area (Å²) in [5, 5.41) is 0. The van der Waals surface area contributed by atoms with E-state index in [9.17, 15) is 9.59 Å². The van der Waals surface area contributed by atoms with Crippen molar-refractivity contribution in [1.29, 1.82) is 0 Å². The summed E-state index contributed by atoms with van der Waals surface area (Å²) in [7, 11) is 4.36. The summed E-state index contributed by atoms with van der Waals surface area (Å²) >= 11 is 0. The number of benzene rings is 1. The summed E-state index contributed by atoms with van der Waals surface area (Å²) in [4.78, 5) is 24.0. The number of ether oxygens (including phenoxy) is 4. The number of carbonyl (C=O) groups excluding carboxylic acids is 2. The maximum Gasteiger partial charge on any atom is 0.309 e. The van der Waals surface area contributed by atoms with E-state index in [1.54, 1.807) is 0 Å². The van der Waals surface area contributed by atoms with E-state index in [1.165, 1.54) is 21.3 Å². The highest BCUT2D eigenvalue weighted by molar-refractivity contribution is 5.80. The van der Waals surface area contributed by atoms with Gasteiger partial charge >= 0.3 is 11.9 Å². The Labute approximate surface area is 136 Å². The van der Waals surface area contributed by atoms with Crippen molar-refractivity contribution in [3.8, 4) is 0 Å². The monoisotopic (exact) mass is 324 g/mol. The van der Waals surface area contributed by atoms with E-state index in [0.717, 1.165) is 5.56 Å². The average molecular weight is 324 g/mol. The molecule has 6 heteroatoms. The Morgan fingerprint density at radius 1 is 1.00 bits per heavy atom. The molecule has 1 atom stereocenters. The lowest BCUT2D eigenvalue weighted by Gasteiger charge is -2.23. The van der Waals surface area contributed by atoms with Crippen LogP contribution in [0.3, 0.4) is 0 Å². The molecule has 1 rings (SSSR count). The maximum absolute atomic E-state index is 12.0. The molecule has 0 heterocycles. The molecule has 0 fully saturated rings. The fraction of sp³-hybridized carbons (Fsp3) is 0.529. The van der Waals surface area contributed by atoms with Gasteiger partial charge in [-0.1, -0.05) is 30.3 Å². The number of rotatable bonds is 10. The van der Waals surface area contributed by atoms with Crippen LogP contribution in [0.5, 0.6) is 0 Å². The second-order valence-corrected chi connectivity index (χ2v) is 5.15. The molecule has 0 amide bonds. The van der Waals surface area contributed by atoms with Crippen molar-refractivity contribution in [2.24, 2.45) is 11.8 Å². The van der Waals surface area contributed by atoms with Gasteiger partial charge in [0.15, 0.2) is 0 Å². The Morgan fingerprint density at radius 3 is 2.13 bits per heavy atom. The van der Waals surface area contributed by atoms with Crippen molar-refractivity contribution >= 4 is 11.9 Å². The molecular weight excluding hydrogens is 300 g/mol. The van der Waals surface area contributed by atoms with Crippen molar-refractivity contribution in [1.82, 2.24) is 0 Å². The Balaban J connectivity index is 2.64. The number of methoxy groups -OCH3 is 3. The van der Waals surface area contributed by atoms with Crippen LogP contribution in [0.15, 0.2) is 30.3 Å². The molecule has 6 nitrogen and oxygen atoms in total. The number of hydrogen-bond acceptors (Lipinski definition) is 6. The third-order valence-corrected chi connectivity index (χ3v) is 3.46. The molecule has 128 valence electrons. The normalized spacial score (nSPS) is 12.0. The van der Waals surface area contributed by atoms with Crippen LogP contribution >= 0.6 is 0 Å². The lowest BCUT2D eigenvalue weighted by atomic mass is 9.90. The van der Waals surface area contributed by atoms with E-state index >= 15 is 0 Å².